The van der Waals surface area contributed by atoms with Crippen LogP contribution in [0.3, 0.4) is 0 Å². The van der Waals surface area contributed by atoms with Crippen molar-refractivity contribution in [2.24, 2.45) is 0 Å². The number of phenols is 1. The lowest BCUT2D eigenvalue weighted by atomic mass is 10.00. The summed E-state index contributed by atoms with van der Waals surface area (Å²) < 4.78 is 0. The zero-order valence-electron chi connectivity index (χ0n) is 15.0. The molecule has 0 aliphatic heterocycles. The van der Waals surface area contributed by atoms with Gasteiger partial charge >= 0.3 is 0 Å². The summed E-state index contributed by atoms with van der Waals surface area (Å²) in [7, 11) is 2.07. The monoisotopic (exact) mass is 332 g/mol. The molecule has 1 aromatic heterocycles. The molecule has 1 atom stereocenters. The standard InChI is InChI=1S/C22H24N2O/c1-16-13-19(21(25)14-17(16)2)15-24(3)22(18-9-5-4-6-10-18)20-11-7-8-12-23-20/h4-14,22,25H,15H2,1-3H3/t22-/m1/s1. The fourth-order valence-corrected chi connectivity index (χ4v) is 3.17. The quantitative estimate of drug-likeness (QED) is 0.740. The van der Waals surface area contributed by atoms with Crippen LogP contribution >= 0.6 is 0 Å². The maximum Gasteiger partial charge on any atom is 0.120 e. The van der Waals surface area contributed by atoms with E-state index in [4.69, 9.17) is 0 Å². The fraction of sp³-hybridized carbons (Fsp3) is 0.227. The minimum atomic E-state index is 0.0309. The van der Waals surface area contributed by atoms with E-state index < -0.39 is 0 Å². The SMILES string of the molecule is Cc1cc(O)c(CN(C)[C@H](c2ccccc2)c2ccccn2)cc1C. The third-order valence-corrected chi connectivity index (χ3v) is 4.64. The molecular weight excluding hydrogens is 308 g/mol. The molecule has 3 nitrogen and oxygen atoms in total. The van der Waals surface area contributed by atoms with Gasteiger partial charge in [-0.2, -0.15) is 0 Å². The highest BCUT2D eigenvalue weighted by Gasteiger charge is 2.21. The Hall–Kier alpha value is -2.65. The van der Waals surface area contributed by atoms with Crippen LogP contribution in [0, 0.1) is 13.8 Å². The van der Waals surface area contributed by atoms with E-state index in [1.165, 1.54) is 11.1 Å². The van der Waals surface area contributed by atoms with Gasteiger partial charge in [-0.1, -0.05) is 42.5 Å². The van der Waals surface area contributed by atoms with E-state index in [9.17, 15) is 5.11 Å². The molecule has 0 radical (unpaired) electrons. The van der Waals surface area contributed by atoms with Crippen LogP contribution in [0.4, 0.5) is 0 Å². The van der Waals surface area contributed by atoms with Gasteiger partial charge in [0, 0.05) is 18.3 Å². The Kier molecular flexibility index (Phi) is 5.15. The molecule has 1 heterocycles. The van der Waals surface area contributed by atoms with E-state index in [1.807, 2.05) is 49.5 Å². The van der Waals surface area contributed by atoms with Gasteiger partial charge in [-0.25, -0.2) is 0 Å². The molecule has 0 aliphatic carbocycles. The van der Waals surface area contributed by atoms with E-state index in [0.29, 0.717) is 12.3 Å². The number of nitrogens with zero attached hydrogens (tertiary/aromatic N) is 2. The van der Waals surface area contributed by atoms with Gasteiger partial charge in [0.15, 0.2) is 0 Å². The van der Waals surface area contributed by atoms with Crippen LogP contribution in [0.15, 0.2) is 66.9 Å². The molecule has 25 heavy (non-hydrogen) atoms. The Morgan fingerprint density at radius 2 is 1.64 bits per heavy atom. The first-order valence-electron chi connectivity index (χ1n) is 8.51. The highest BCUT2D eigenvalue weighted by atomic mass is 16.3. The van der Waals surface area contributed by atoms with Gasteiger partial charge < -0.3 is 5.11 Å². The first-order valence-corrected chi connectivity index (χ1v) is 8.51. The van der Waals surface area contributed by atoms with Gasteiger partial charge in [0.25, 0.3) is 0 Å². The highest BCUT2D eigenvalue weighted by Crippen LogP contribution is 2.30. The molecule has 3 rings (SSSR count). The van der Waals surface area contributed by atoms with Crippen LogP contribution in [-0.2, 0) is 6.54 Å². The fourth-order valence-electron chi connectivity index (χ4n) is 3.17. The van der Waals surface area contributed by atoms with Crippen LogP contribution in [0.5, 0.6) is 5.75 Å². The number of benzene rings is 2. The first-order chi connectivity index (χ1) is 12.1. The number of hydrogen-bond donors (Lipinski definition) is 1. The summed E-state index contributed by atoms with van der Waals surface area (Å²) in [5.41, 5.74) is 5.41. The number of aryl methyl sites for hydroxylation is 2. The van der Waals surface area contributed by atoms with Crippen molar-refractivity contribution < 1.29 is 5.11 Å². The number of phenolic OH excluding ortho intramolecular Hbond substituents is 1. The second kappa shape index (κ2) is 7.49. The third kappa shape index (κ3) is 3.89. The second-order valence-electron chi connectivity index (χ2n) is 6.55. The topological polar surface area (TPSA) is 36.4 Å². The molecule has 2 aromatic carbocycles. The van der Waals surface area contributed by atoms with Crippen molar-refractivity contribution in [3.05, 3.63) is 94.8 Å². The normalized spacial score (nSPS) is 12.3. The van der Waals surface area contributed by atoms with Crippen molar-refractivity contribution in [2.45, 2.75) is 26.4 Å². The lowest BCUT2D eigenvalue weighted by Crippen LogP contribution is -2.26. The maximum atomic E-state index is 10.3. The molecule has 3 aromatic rings. The van der Waals surface area contributed by atoms with Crippen LogP contribution in [0.1, 0.15) is 34.0 Å². The van der Waals surface area contributed by atoms with Crippen LogP contribution in [-0.4, -0.2) is 22.0 Å². The second-order valence-corrected chi connectivity index (χ2v) is 6.55. The lowest BCUT2D eigenvalue weighted by Gasteiger charge is -2.28. The summed E-state index contributed by atoms with van der Waals surface area (Å²) in [6.45, 7) is 4.73. The van der Waals surface area contributed by atoms with Gasteiger partial charge in [-0.05, 0) is 55.8 Å². The number of rotatable bonds is 5. The van der Waals surface area contributed by atoms with Crippen LogP contribution in [0.2, 0.25) is 0 Å². The van der Waals surface area contributed by atoms with Crippen molar-refractivity contribution in [1.82, 2.24) is 9.88 Å². The summed E-state index contributed by atoms with van der Waals surface area (Å²) in [4.78, 5) is 6.79. The number of pyridine rings is 1. The van der Waals surface area contributed by atoms with Crippen molar-refractivity contribution in [3.63, 3.8) is 0 Å². The van der Waals surface area contributed by atoms with E-state index in [1.54, 1.807) is 0 Å². The number of hydrogen-bond acceptors (Lipinski definition) is 3. The van der Waals surface area contributed by atoms with E-state index >= 15 is 0 Å². The number of aromatic hydroxyl groups is 1. The summed E-state index contributed by atoms with van der Waals surface area (Å²) in [6.07, 6.45) is 1.83. The van der Waals surface area contributed by atoms with Crippen molar-refractivity contribution >= 4 is 0 Å². The maximum absolute atomic E-state index is 10.3. The Morgan fingerprint density at radius 3 is 2.32 bits per heavy atom. The first kappa shape index (κ1) is 17.2. The molecular formula is C22H24N2O. The summed E-state index contributed by atoms with van der Waals surface area (Å²) in [5.74, 6) is 0.350. The molecule has 0 saturated carbocycles. The Morgan fingerprint density at radius 1 is 0.960 bits per heavy atom. The van der Waals surface area contributed by atoms with Gasteiger partial charge in [0.05, 0.1) is 11.7 Å². The third-order valence-electron chi connectivity index (χ3n) is 4.64. The van der Waals surface area contributed by atoms with Gasteiger partial charge in [0.1, 0.15) is 5.75 Å². The van der Waals surface area contributed by atoms with Gasteiger partial charge in [0.2, 0.25) is 0 Å². The van der Waals surface area contributed by atoms with Crippen molar-refractivity contribution in [3.8, 4) is 5.75 Å². The minimum absolute atomic E-state index is 0.0309. The van der Waals surface area contributed by atoms with Gasteiger partial charge in [-0.3, -0.25) is 9.88 Å². The van der Waals surface area contributed by atoms with E-state index in [2.05, 4.69) is 48.1 Å². The van der Waals surface area contributed by atoms with Crippen molar-refractivity contribution in [1.29, 1.82) is 0 Å². The Bertz CT molecular complexity index is 792. The molecule has 0 amide bonds. The molecule has 0 bridgehead atoms. The molecule has 0 unspecified atom stereocenters. The molecule has 0 fully saturated rings. The molecule has 0 saturated heterocycles. The molecule has 3 heteroatoms. The van der Waals surface area contributed by atoms with Crippen LogP contribution in [0.25, 0.3) is 0 Å². The largest absolute Gasteiger partial charge is 0.508 e. The summed E-state index contributed by atoms with van der Waals surface area (Å²) in [5, 5.41) is 10.3. The average molecular weight is 332 g/mol. The minimum Gasteiger partial charge on any atom is -0.508 e. The Labute approximate surface area is 149 Å². The van der Waals surface area contributed by atoms with Crippen LogP contribution < -0.4 is 0 Å². The number of aromatic nitrogens is 1. The van der Waals surface area contributed by atoms with E-state index in [-0.39, 0.29) is 6.04 Å². The van der Waals surface area contributed by atoms with Crippen molar-refractivity contribution in [2.75, 3.05) is 7.05 Å². The predicted molar refractivity (Wildman–Crippen MR) is 102 cm³/mol. The summed E-state index contributed by atoms with van der Waals surface area (Å²) >= 11 is 0. The zero-order valence-corrected chi connectivity index (χ0v) is 15.0. The molecule has 0 aliphatic rings. The molecule has 128 valence electrons. The highest BCUT2D eigenvalue weighted by molar-refractivity contribution is 5.41. The lowest BCUT2D eigenvalue weighted by molar-refractivity contribution is 0.262. The van der Waals surface area contributed by atoms with E-state index in [0.717, 1.165) is 16.8 Å². The molecule has 0 spiro atoms. The predicted octanol–water partition coefficient (Wildman–Crippen LogP) is 4.63. The Balaban J connectivity index is 1.95. The van der Waals surface area contributed by atoms with Gasteiger partial charge in [-0.15, -0.1) is 0 Å². The summed E-state index contributed by atoms with van der Waals surface area (Å²) in [6, 6.07) is 20.3. The smallest absolute Gasteiger partial charge is 0.120 e. The average Bonchev–Trinajstić information content (AvgIpc) is 2.62. The zero-order chi connectivity index (χ0) is 17.8. The molecule has 1 N–H and O–H groups in total.